The average Bonchev–Trinajstić information content (AvgIpc) is 2.78. The number of carbonyl (C=O) groups is 1. The Morgan fingerprint density at radius 2 is 1.68 bits per heavy atom. The highest BCUT2D eigenvalue weighted by Crippen LogP contribution is 2.23. The summed E-state index contributed by atoms with van der Waals surface area (Å²) >= 11 is 0. The van der Waals surface area contributed by atoms with Crippen molar-refractivity contribution in [1.82, 2.24) is 0 Å². The minimum atomic E-state index is -3.74. The Morgan fingerprint density at radius 3 is 2.32 bits per heavy atom. The molecule has 3 aromatic carbocycles. The number of nitrogens with one attached hydrogen (secondary N) is 1. The van der Waals surface area contributed by atoms with E-state index in [0.717, 1.165) is 0 Å². The SMILES string of the molecule is CN(c1ccccc1)S(=O)(=O)c1ccc(NC(=O)/C=C/c2cccc([N+](=O)[O-])c2)cc1. The zero-order chi connectivity index (χ0) is 22.4. The van der Waals surface area contributed by atoms with Crippen LogP contribution in [-0.2, 0) is 14.8 Å². The molecule has 1 amide bonds. The molecule has 0 heterocycles. The first-order valence-electron chi connectivity index (χ1n) is 9.15. The highest BCUT2D eigenvalue weighted by Gasteiger charge is 2.21. The summed E-state index contributed by atoms with van der Waals surface area (Å²) in [6, 6.07) is 20.4. The maximum absolute atomic E-state index is 12.8. The van der Waals surface area contributed by atoms with Crippen LogP contribution in [0.3, 0.4) is 0 Å². The number of rotatable bonds is 7. The average molecular weight is 437 g/mol. The molecule has 0 spiro atoms. The number of para-hydroxylation sites is 1. The molecule has 0 radical (unpaired) electrons. The molecule has 0 unspecified atom stereocenters. The van der Waals surface area contributed by atoms with E-state index in [0.29, 0.717) is 16.9 Å². The third kappa shape index (κ3) is 5.34. The third-order valence-electron chi connectivity index (χ3n) is 4.41. The number of non-ortho nitro benzene ring substituents is 1. The van der Waals surface area contributed by atoms with Crippen molar-refractivity contribution in [2.45, 2.75) is 4.90 Å². The Kier molecular flexibility index (Phi) is 6.46. The second-order valence-corrected chi connectivity index (χ2v) is 8.48. The van der Waals surface area contributed by atoms with Crippen molar-refractivity contribution in [3.8, 4) is 0 Å². The van der Waals surface area contributed by atoms with Gasteiger partial charge in [-0.1, -0.05) is 30.3 Å². The predicted molar refractivity (Wildman–Crippen MR) is 119 cm³/mol. The number of nitro groups is 1. The monoisotopic (exact) mass is 437 g/mol. The summed E-state index contributed by atoms with van der Waals surface area (Å²) < 4.78 is 26.7. The lowest BCUT2D eigenvalue weighted by Gasteiger charge is -2.19. The van der Waals surface area contributed by atoms with Gasteiger partial charge in [-0.25, -0.2) is 8.42 Å². The van der Waals surface area contributed by atoms with Crippen LogP contribution in [0, 0.1) is 10.1 Å². The first-order chi connectivity index (χ1) is 14.8. The van der Waals surface area contributed by atoms with Gasteiger partial charge >= 0.3 is 0 Å². The molecule has 0 aliphatic rings. The van der Waals surface area contributed by atoms with E-state index in [4.69, 9.17) is 0 Å². The van der Waals surface area contributed by atoms with Gasteiger partial charge in [0.15, 0.2) is 0 Å². The lowest BCUT2D eigenvalue weighted by Crippen LogP contribution is -2.26. The second-order valence-electron chi connectivity index (χ2n) is 6.51. The third-order valence-corrected chi connectivity index (χ3v) is 6.21. The molecule has 158 valence electrons. The second kappa shape index (κ2) is 9.23. The molecule has 0 aliphatic heterocycles. The normalized spacial score (nSPS) is 11.3. The van der Waals surface area contributed by atoms with Crippen LogP contribution in [0.2, 0.25) is 0 Å². The molecule has 3 aromatic rings. The first-order valence-corrected chi connectivity index (χ1v) is 10.6. The Balaban J connectivity index is 1.68. The number of carbonyl (C=O) groups excluding carboxylic acids is 1. The maximum atomic E-state index is 12.8. The number of nitro benzene ring substituents is 1. The maximum Gasteiger partial charge on any atom is 0.270 e. The lowest BCUT2D eigenvalue weighted by molar-refractivity contribution is -0.384. The Hall–Kier alpha value is -3.98. The number of nitrogens with zero attached hydrogens (tertiary/aromatic N) is 2. The van der Waals surface area contributed by atoms with Crippen LogP contribution < -0.4 is 9.62 Å². The number of benzene rings is 3. The molecule has 0 saturated heterocycles. The summed E-state index contributed by atoms with van der Waals surface area (Å²) in [5.41, 5.74) is 1.38. The smallest absolute Gasteiger partial charge is 0.270 e. The summed E-state index contributed by atoms with van der Waals surface area (Å²) in [5.74, 6) is -0.455. The molecule has 9 heteroatoms. The van der Waals surface area contributed by atoms with E-state index in [9.17, 15) is 23.3 Å². The van der Waals surface area contributed by atoms with Gasteiger partial charge in [0.1, 0.15) is 0 Å². The molecule has 0 bridgehead atoms. The molecule has 0 aliphatic carbocycles. The van der Waals surface area contributed by atoms with Crippen molar-refractivity contribution in [2.75, 3.05) is 16.7 Å². The van der Waals surface area contributed by atoms with Gasteiger partial charge in [-0.15, -0.1) is 0 Å². The Labute approximate surface area is 179 Å². The molecule has 0 saturated carbocycles. The van der Waals surface area contributed by atoms with Gasteiger partial charge in [0, 0.05) is 30.9 Å². The van der Waals surface area contributed by atoms with Crippen molar-refractivity contribution in [2.24, 2.45) is 0 Å². The van der Waals surface area contributed by atoms with Crippen LogP contribution >= 0.6 is 0 Å². The van der Waals surface area contributed by atoms with E-state index < -0.39 is 20.9 Å². The van der Waals surface area contributed by atoms with Crippen molar-refractivity contribution >= 4 is 39.1 Å². The number of hydrogen-bond donors (Lipinski definition) is 1. The molecular weight excluding hydrogens is 418 g/mol. The lowest BCUT2D eigenvalue weighted by atomic mass is 10.2. The molecule has 8 nitrogen and oxygen atoms in total. The summed E-state index contributed by atoms with van der Waals surface area (Å²) in [7, 11) is -2.27. The molecule has 0 atom stereocenters. The first kappa shape index (κ1) is 21.7. The van der Waals surface area contributed by atoms with Crippen molar-refractivity contribution in [1.29, 1.82) is 0 Å². The van der Waals surface area contributed by atoms with Gasteiger partial charge in [-0.3, -0.25) is 19.2 Å². The minimum Gasteiger partial charge on any atom is -0.323 e. The van der Waals surface area contributed by atoms with E-state index in [1.54, 1.807) is 36.4 Å². The molecule has 3 rings (SSSR count). The molecule has 1 N–H and O–H groups in total. The largest absolute Gasteiger partial charge is 0.323 e. The Bertz CT molecular complexity index is 1220. The van der Waals surface area contributed by atoms with Gasteiger partial charge in [0.2, 0.25) is 5.91 Å². The molecule has 0 fully saturated rings. The van der Waals surface area contributed by atoms with E-state index in [-0.39, 0.29) is 10.6 Å². The Morgan fingerprint density at radius 1 is 1.00 bits per heavy atom. The van der Waals surface area contributed by atoms with Crippen molar-refractivity contribution in [3.05, 3.63) is 101 Å². The predicted octanol–water partition coefficient (Wildman–Crippen LogP) is 4.07. The van der Waals surface area contributed by atoms with Gasteiger partial charge < -0.3 is 5.32 Å². The summed E-state index contributed by atoms with van der Waals surface area (Å²) in [6.45, 7) is 0. The number of amides is 1. The van der Waals surface area contributed by atoms with Crippen molar-refractivity contribution in [3.63, 3.8) is 0 Å². The van der Waals surface area contributed by atoms with Crippen LogP contribution in [0.15, 0.2) is 89.8 Å². The summed E-state index contributed by atoms with van der Waals surface area (Å²) in [5, 5.41) is 13.4. The minimum absolute atomic E-state index is 0.0696. The van der Waals surface area contributed by atoms with Gasteiger partial charge in [-0.2, -0.15) is 0 Å². The zero-order valence-corrected chi connectivity index (χ0v) is 17.3. The number of anilines is 2. The fraction of sp³-hybridized carbons (Fsp3) is 0.0455. The van der Waals surface area contributed by atoms with E-state index in [1.807, 2.05) is 0 Å². The van der Waals surface area contributed by atoms with Crippen LogP contribution in [0.5, 0.6) is 0 Å². The van der Waals surface area contributed by atoms with Gasteiger partial charge in [0.05, 0.1) is 15.5 Å². The topological polar surface area (TPSA) is 110 Å². The van der Waals surface area contributed by atoms with Crippen molar-refractivity contribution < 1.29 is 18.1 Å². The summed E-state index contributed by atoms with van der Waals surface area (Å²) in [4.78, 5) is 22.5. The highest BCUT2D eigenvalue weighted by molar-refractivity contribution is 7.92. The highest BCUT2D eigenvalue weighted by atomic mass is 32.2. The van der Waals surface area contributed by atoms with Gasteiger partial charge in [0.25, 0.3) is 15.7 Å². The van der Waals surface area contributed by atoms with Crippen LogP contribution in [0.4, 0.5) is 17.1 Å². The van der Waals surface area contributed by atoms with Crippen LogP contribution in [0.25, 0.3) is 6.08 Å². The molecular formula is C22H19N3O5S. The standard InChI is InChI=1S/C22H19N3O5S/c1-24(19-7-3-2-4-8-19)31(29,30)21-13-11-18(12-14-21)23-22(26)15-10-17-6-5-9-20(16-17)25(27)28/h2-16H,1H3,(H,23,26)/b15-10+. The summed E-state index contributed by atoms with van der Waals surface area (Å²) in [6.07, 6.45) is 2.70. The van der Waals surface area contributed by atoms with E-state index in [1.165, 1.54) is 66.0 Å². The molecule has 0 aromatic heterocycles. The fourth-order valence-corrected chi connectivity index (χ4v) is 3.94. The number of hydrogen-bond acceptors (Lipinski definition) is 5. The fourth-order valence-electron chi connectivity index (χ4n) is 2.74. The molecule has 31 heavy (non-hydrogen) atoms. The van der Waals surface area contributed by atoms with E-state index >= 15 is 0 Å². The quantitative estimate of drug-likeness (QED) is 0.340. The van der Waals surface area contributed by atoms with Crippen LogP contribution in [0.1, 0.15) is 5.56 Å². The number of sulfonamides is 1. The zero-order valence-electron chi connectivity index (χ0n) is 16.5. The van der Waals surface area contributed by atoms with E-state index in [2.05, 4.69) is 5.32 Å². The van der Waals surface area contributed by atoms with Gasteiger partial charge in [-0.05, 0) is 48.0 Å². The van der Waals surface area contributed by atoms with Crippen LogP contribution in [-0.4, -0.2) is 26.3 Å².